The summed E-state index contributed by atoms with van der Waals surface area (Å²) in [5, 5.41) is 0. The molecule has 0 radical (unpaired) electrons. The lowest BCUT2D eigenvalue weighted by Gasteiger charge is -2.41. The number of hydrogen-bond donors (Lipinski definition) is 1. The first-order valence-electron chi connectivity index (χ1n) is 4.84. The Hall–Kier alpha value is -0.960. The van der Waals surface area contributed by atoms with E-state index in [1.54, 1.807) is 0 Å². The second kappa shape index (κ2) is 3.31. The van der Waals surface area contributed by atoms with Crippen LogP contribution in [0.4, 0.5) is 8.78 Å². The van der Waals surface area contributed by atoms with Crippen LogP contribution in [-0.4, -0.2) is 6.54 Å². The van der Waals surface area contributed by atoms with Crippen molar-refractivity contribution in [2.45, 2.75) is 24.7 Å². The summed E-state index contributed by atoms with van der Waals surface area (Å²) in [6.45, 7) is 0.324. The van der Waals surface area contributed by atoms with Crippen LogP contribution in [0.15, 0.2) is 18.2 Å². The van der Waals surface area contributed by atoms with Gasteiger partial charge in [0.1, 0.15) is 11.6 Å². The van der Waals surface area contributed by atoms with Crippen LogP contribution in [0, 0.1) is 11.6 Å². The molecule has 0 aromatic heterocycles. The summed E-state index contributed by atoms with van der Waals surface area (Å²) in [6, 6.07) is 3.99. The minimum atomic E-state index is -0.463. The second-order valence-electron chi connectivity index (χ2n) is 3.93. The molecule has 2 N–H and O–H groups in total. The molecule has 0 aliphatic heterocycles. The van der Waals surface area contributed by atoms with Gasteiger partial charge in [-0.25, -0.2) is 8.78 Å². The van der Waals surface area contributed by atoms with E-state index < -0.39 is 17.0 Å². The van der Waals surface area contributed by atoms with Gasteiger partial charge in [0.25, 0.3) is 0 Å². The van der Waals surface area contributed by atoms with Crippen molar-refractivity contribution in [2.75, 3.05) is 6.54 Å². The van der Waals surface area contributed by atoms with E-state index in [-0.39, 0.29) is 5.56 Å². The van der Waals surface area contributed by atoms with Crippen LogP contribution in [0.25, 0.3) is 0 Å². The van der Waals surface area contributed by atoms with E-state index in [0.717, 1.165) is 19.3 Å². The molecule has 1 aliphatic rings. The quantitative estimate of drug-likeness (QED) is 0.773. The van der Waals surface area contributed by atoms with Gasteiger partial charge in [-0.3, -0.25) is 0 Å². The van der Waals surface area contributed by atoms with Crippen LogP contribution in [0.2, 0.25) is 0 Å². The Balaban J connectivity index is 2.49. The van der Waals surface area contributed by atoms with Crippen molar-refractivity contribution in [1.29, 1.82) is 0 Å². The highest BCUT2D eigenvalue weighted by atomic mass is 19.1. The fraction of sp³-hybridized carbons (Fsp3) is 0.455. The monoisotopic (exact) mass is 197 g/mol. The average Bonchev–Trinajstić information content (AvgIpc) is 2.08. The van der Waals surface area contributed by atoms with Gasteiger partial charge in [-0.05, 0) is 25.0 Å². The van der Waals surface area contributed by atoms with Gasteiger partial charge in [0.2, 0.25) is 0 Å². The molecule has 1 aromatic carbocycles. The molecule has 0 amide bonds. The molecule has 0 unspecified atom stereocenters. The minimum absolute atomic E-state index is 0.189. The first-order chi connectivity index (χ1) is 6.69. The Labute approximate surface area is 81.9 Å². The van der Waals surface area contributed by atoms with E-state index in [1.807, 2.05) is 0 Å². The van der Waals surface area contributed by atoms with Gasteiger partial charge in [0.15, 0.2) is 0 Å². The Bertz CT molecular complexity index is 319. The predicted molar refractivity (Wildman–Crippen MR) is 50.9 cm³/mol. The highest BCUT2D eigenvalue weighted by Gasteiger charge is 2.41. The van der Waals surface area contributed by atoms with Crippen LogP contribution >= 0.6 is 0 Å². The maximum atomic E-state index is 13.5. The Kier molecular flexibility index (Phi) is 2.27. The van der Waals surface area contributed by atoms with Crippen LogP contribution in [0.1, 0.15) is 24.8 Å². The molecule has 1 fully saturated rings. The number of rotatable bonds is 2. The first kappa shape index (κ1) is 9.59. The summed E-state index contributed by atoms with van der Waals surface area (Å²) in [5.74, 6) is -0.926. The van der Waals surface area contributed by atoms with Crippen LogP contribution in [0.3, 0.4) is 0 Å². The minimum Gasteiger partial charge on any atom is -0.330 e. The summed E-state index contributed by atoms with van der Waals surface area (Å²) in [7, 11) is 0. The van der Waals surface area contributed by atoms with Gasteiger partial charge >= 0.3 is 0 Å². The van der Waals surface area contributed by atoms with Crippen LogP contribution in [-0.2, 0) is 5.41 Å². The van der Waals surface area contributed by atoms with Crippen molar-refractivity contribution < 1.29 is 8.78 Å². The van der Waals surface area contributed by atoms with E-state index in [1.165, 1.54) is 18.2 Å². The standard InChI is InChI=1S/C11H13F2N/c12-8-3-1-4-9(13)10(8)11(7-14)5-2-6-11/h1,3-4H,2,5-7,14H2. The number of benzene rings is 1. The molecule has 76 valence electrons. The van der Waals surface area contributed by atoms with Gasteiger partial charge in [-0.1, -0.05) is 12.5 Å². The van der Waals surface area contributed by atoms with Crippen LogP contribution < -0.4 is 5.73 Å². The summed E-state index contributed by atoms with van der Waals surface area (Å²) in [6.07, 6.45) is 2.59. The number of hydrogen-bond acceptors (Lipinski definition) is 1. The van der Waals surface area contributed by atoms with Crippen LogP contribution in [0.5, 0.6) is 0 Å². The zero-order valence-electron chi connectivity index (χ0n) is 7.89. The molecule has 3 heteroatoms. The Morgan fingerprint density at radius 2 is 1.79 bits per heavy atom. The molecular weight excluding hydrogens is 184 g/mol. The maximum Gasteiger partial charge on any atom is 0.129 e. The third-order valence-electron chi connectivity index (χ3n) is 3.19. The third kappa shape index (κ3) is 1.23. The highest BCUT2D eigenvalue weighted by molar-refractivity contribution is 5.31. The van der Waals surface area contributed by atoms with Gasteiger partial charge < -0.3 is 5.73 Å². The predicted octanol–water partition coefficient (Wildman–Crippen LogP) is 2.35. The fourth-order valence-corrected chi connectivity index (χ4v) is 2.16. The first-order valence-corrected chi connectivity index (χ1v) is 4.84. The van der Waals surface area contributed by atoms with Crippen molar-refractivity contribution in [2.24, 2.45) is 5.73 Å². The molecular formula is C11H13F2N. The van der Waals surface area contributed by atoms with Gasteiger partial charge in [-0.15, -0.1) is 0 Å². The average molecular weight is 197 g/mol. The summed E-state index contributed by atoms with van der Waals surface area (Å²) < 4.78 is 26.9. The molecule has 0 spiro atoms. The normalized spacial score (nSPS) is 19.1. The fourth-order valence-electron chi connectivity index (χ4n) is 2.16. The van der Waals surface area contributed by atoms with Crippen molar-refractivity contribution in [3.05, 3.63) is 35.4 Å². The second-order valence-corrected chi connectivity index (χ2v) is 3.93. The molecule has 0 saturated heterocycles. The lowest BCUT2D eigenvalue weighted by Crippen LogP contribution is -2.43. The molecule has 1 saturated carbocycles. The molecule has 1 aliphatic carbocycles. The van der Waals surface area contributed by atoms with Gasteiger partial charge in [0.05, 0.1) is 0 Å². The molecule has 0 bridgehead atoms. The molecule has 1 nitrogen and oxygen atoms in total. The summed E-state index contributed by atoms with van der Waals surface area (Å²) in [5.41, 5.74) is 5.36. The van der Waals surface area contributed by atoms with Crippen molar-refractivity contribution in [1.82, 2.24) is 0 Å². The van der Waals surface area contributed by atoms with E-state index in [9.17, 15) is 8.78 Å². The molecule has 2 rings (SSSR count). The maximum absolute atomic E-state index is 13.5. The molecule has 0 atom stereocenters. The molecule has 1 aromatic rings. The Morgan fingerprint density at radius 1 is 1.21 bits per heavy atom. The number of halogens is 2. The molecule has 0 heterocycles. The van der Waals surface area contributed by atoms with E-state index in [2.05, 4.69) is 0 Å². The highest BCUT2D eigenvalue weighted by Crippen LogP contribution is 2.44. The largest absolute Gasteiger partial charge is 0.330 e. The van der Waals surface area contributed by atoms with Crippen molar-refractivity contribution >= 4 is 0 Å². The van der Waals surface area contributed by atoms with E-state index in [4.69, 9.17) is 5.73 Å². The zero-order valence-corrected chi connectivity index (χ0v) is 7.89. The van der Waals surface area contributed by atoms with E-state index in [0.29, 0.717) is 6.54 Å². The smallest absolute Gasteiger partial charge is 0.129 e. The van der Waals surface area contributed by atoms with E-state index >= 15 is 0 Å². The SMILES string of the molecule is NCC1(c2c(F)cccc2F)CCC1. The number of nitrogens with two attached hydrogens (primary N) is 1. The van der Waals surface area contributed by atoms with Crippen molar-refractivity contribution in [3.63, 3.8) is 0 Å². The van der Waals surface area contributed by atoms with Gasteiger partial charge in [0, 0.05) is 17.5 Å². The lowest BCUT2D eigenvalue weighted by atomic mass is 9.64. The summed E-state index contributed by atoms with van der Waals surface area (Å²) in [4.78, 5) is 0. The summed E-state index contributed by atoms with van der Waals surface area (Å²) >= 11 is 0. The lowest BCUT2D eigenvalue weighted by molar-refractivity contribution is 0.236. The zero-order chi connectivity index (χ0) is 10.2. The van der Waals surface area contributed by atoms with Gasteiger partial charge in [-0.2, -0.15) is 0 Å². The topological polar surface area (TPSA) is 26.0 Å². The van der Waals surface area contributed by atoms with Crippen molar-refractivity contribution in [3.8, 4) is 0 Å². The molecule has 14 heavy (non-hydrogen) atoms. The third-order valence-corrected chi connectivity index (χ3v) is 3.19. The Morgan fingerprint density at radius 3 is 2.14 bits per heavy atom.